The molecule has 2 heterocycles. The van der Waals surface area contributed by atoms with Crippen LogP contribution in [0.2, 0.25) is 0 Å². The first-order valence-corrected chi connectivity index (χ1v) is 13.0. The van der Waals surface area contributed by atoms with Gasteiger partial charge in [-0.25, -0.2) is 0 Å². The Morgan fingerprint density at radius 3 is 2.50 bits per heavy atom. The number of hydrogen-bond donors (Lipinski definition) is 1. The van der Waals surface area contributed by atoms with Gasteiger partial charge in [-0.1, -0.05) is 30.0 Å². The third-order valence-corrected chi connectivity index (χ3v) is 7.98. The van der Waals surface area contributed by atoms with Gasteiger partial charge in [-0.3, -0.25) is 14.4 Å². The second kappa shape index (κ2) is 9.47. The van der Waals surface area contributed by atoms with Crippen LogP contribution in [0.1, 0.15) is 41.8 Å². The predicted octanol–water partition coefficient (Wildman–Crippen LogP) is 5.81. The second-order valence-electron chi connectivity index (χ2n) is 9.71. The molecule has 0 spiro atoms. The molecular formula is C29H29N3O3S. The molecule has 2 aliphatic rings. The molecule has 1 N–H and O–H groups in total. The molecule has 0 saturated carbocycles. The van der Waals surface area contributed by atoms with E-state index in [1.807, 2.05) is 88.4 Å². The van der Waals surface area contributed by atoms with Crippen molar-refractivity contribution in [2.45, 2.75) is 49.9 Å². The maximum atomic E-state index is 13.3. The van der Waals surface area contributed by atoms with Crippen molar-refractivity contribution in [3.8, 4) is 0 Å². The molecule has 5 rings (SSSR count). The van der Waals surface area contributed by atoms with E-state index in [-0.39, 0.29) is 30.2 Å². The summed E-state index contributed by atoms with van der Waals surface area (Å²) < 4.78 is 0. The zero-order chi connectivity index (χ0) is 25.6. The van der Waals surface area contributed by atoms with Gasteiger partial charge in [-0.05, 0) is 81.3 Å². The van der Waals surface area contributed by atoms with Crippen LogP contribution in [0, 0.1) is 19.8 Å². The number of carbonyl (C=O) groups excluding carboxylic acids is 3. The molecule has 0 aliphatic carbocycles. The molecule has 1 fully saturated rings. The molecule has 3 aromatic rings. The Balaban J connectivity index is 1.37. The van der Waals surface area contributed by atoms with Gasteiger partial charge in [-0.15, -0.1) is 0 Å². The highest BCUT2D eigenvalue weighted by molar-refractivity contribution is 7.99. The Morgan fingerprint density at radius 1 is 0.972 bits per heavy atom. The lowest BCUT2D eigenvalue weighted by molar-refractivity contribution is -0.122. The average Bonchev–Trinajstić information content (AvgIpc) is 3.18. The fourth-order valence-corrected chi connectivity index (χ4v) is 5.85. The van der Waals surface area contributed by atoms with Crippen molar-refractivity contribution in [2.75, 3.05) is 21.7 Å². The van der Waals surface area contributed by atoms with E-state index in [9.17, 15) is 14.4 Å². The van der Waals surface area contributed by atoms with Gasteiger partial charge >= 0.3 is 0 Å². The predicted molar refractivity (Wildman–Crippen MR) is 144 cm³/mol. The minimum Gasteiger partial charge on any atom is -0.326 e. The largest absolute Gasteiger partial charge is 0.326 e. The number of amides is 3. The average molecular weight is 500 g/mol. The van der Waals surface area contributed by atoms with E-state index < -0.39 is 5.92 Å². The maximum absolute atomic E-state index is 13.3. The van der Waals surface area contributed by atoms with Gasteiger partial charge in [0.25, 0.3) is 5.91 Å². The number of benzene rings is 3. The summed E-state index contributed by atoms with van der Waals surface area (Å²) in [6.07, 6.45) is 0.182. The Bertz CT molecular complexity index is 1380. The Labute approximate surface area is 215 Å². The molecule has 0 radical (unpaired) electrons. The summed E-state index contributed by atoms with van der Waals surface area (Å²) in [6, 6.07) is 19.1. The molecule has 2 aliphatic heterocycles. The second-order valence-corrected chi connectivity index (χ2v) is 10.8. The van der Waals surface area contributed by atoms with Crippen molar-refractivity contribution in [2.24, 2.45) is 5.92 Å². The summed E-state index contributed by atoms with van der Waals surface area (Å²) in [5.74, 6) is -0.677. The minimum absolute atomic E-state index is 0.0238. The smallest absolute Gasteiger partial charge is 0.259 e. The van der Waals surface area contributed by atoms with Crippen LogP contribution in [0.25, 0.3) is 0 Å². The fraction of sp³-hybridized carbons (Fsp3) is 0.276. The van der Waals surface area contributed by atoms with Gasteiger partial charge in [0.15, 0.2) is 0 Å². The monoisotopic (exact) mass is 499 g/mol. The van der Waals surface area contributed by atoms with Crippen LogP contribution >= 0.6 is 11.8 Å². The molecule has 0 unspecified atom stereocenters. The number of anilines is 3. The fourth-order valence-electron chi connectivity index (χ4n) is 4.75. The highest BCUT2D eigenvalue weighted by Gasteiger charge is 2.35. The van der Waals surface area contributed by atoms with Crippen LogP contribution in [0.3, 0.4) is 0 Å². The lowest BCUT2D eigenvalue weighted by Crippen LogP contribution is -2.37. The molecule has 7 heteroatoms. The van der Waals surface area contributed by atoms with E-state index in [0.717, 1.165) is 26.7 Å². The van der Waals surface area contributed by atoms with E-state index in [1.165, 1.54) is 17.3 Å². The third kappa shape index (κ3) is 4.39. The zero-order valence-corrected chi connectivity index (χ0v) is 21.7. The van der Waals surface area contributed by atoms with Crippen LogP contribution in [0.4, 0.5) is 17.1 Å². The quantitative estimate of drug-likeness (QED) is 0.492. The highest BCUT2D eigenvalue weighted by Crippen LogP contribution is 2.43. The number of aryl methyl sites for hydroxylation is 2. The molecule has 184 valence electrons. The van der Waals surface area contributed by atoms with E-state index in [2.05, 4.69) is 5.32 Å². The first kappa shape index (κ1) is 24.1. The van der Waals surface area contributed by atoms with Crippen molar-refractivity contribution in [3.05, 3.63) is 77.4 Å². The Morgan fingerprint density at radius 2 is 1.75 bits per heavy atom. The van der Waals surface area contributed by atoms with E-state index in [0.29, 0.717) is 17.8 Å². The Kier molecular flexibility index (Phi) is 6.35. The standard InChI is InChI=1S/C29H29N3O3S/c1-17(2)32-24-12-10-21(15-26(24)36-25-8-6-5-7-23(25)29(32)35)30-28(34)20-14-27(33)31(16-20)22-11-9-18(3)19(4)13-22/h5-13,15,17,20H,14,16H2,1-4H3,(H,30,34)/t20-/m0/s1. The van der Waals surface area contributed by atoms with E-state index in [4.69, 9.17) is 0 Å². The van der Waals surface area contributed by atoms with E-state index in [1.54, 1.807) is 9.80 Å². The molecule has 3 aromatic carbocycles. The van der Waals surface area contributed by atoms with Crippen molar-refractivity contribution < 1.29 is 14.4 Å². The van der Waals surface area contributed by atoms with Gasteiger partial charge in [-0.2, -0.15) is 0 Å². The van der Waals surface area contributed by atoms with Crippen LogP contribution in [0.5, 0.6) is 0 Å². The first-order valence-electron chi connectivity index (χ1n) is 12.2. The van der Waals surface area contributed by atoms with Gasteiger partial charge in [0.05, 0.1) is 17.2 Å². The summed E-state index contributed by atoms with van der Waals surface area (Å²) in [7, 11) is 0. The Hall–Kier alpha value is -3.58. The number of nitrogens with one attached hydrogen (secondary N) is 1. The van der Waals surface area contributed by atoms with Gasteiger partial charge < -0.3 is 15.1 Å². The van der Waals surface area contributed by atoms with E-state index >= 15 is 0 Å². The van der Waals surface area contributed by atoms with Crippen LogP contribution in [-0.2, 0) is 9.59 Å². The SMILES string of the molecule is Cc1ccc(N2C[C@@H](C(=O)Nc3ccc4c(c3)Sc3ccccc3C(=O)N4C(C)C)CC2=O)cc1C. The minimum atomic E-state index is -0.431. The molecule has 3 amide bonds. The number of hydrogen-bond acceptors (Lipinski definition) is 4. The lowest BCUT2D eigenvalue weighted by Gasteiger charge is -2.27. The van der Waals surface area contributed by atoms with Crippen molar-refractivity contribution in [3.63, 3.8) is 0 Å². The first-order chi connectivity index (χ1) is 17.2. The summed E-state index contributed by atoms with van der Waals surface area (Å²) >= 11 is 1.53. The van der Waals surface area contributed by atoms with Crippen LogP contribution in [0.15, 0.2) is 70.5 Å². The van der Waals surface area contributed by atoms with Crippen LogP contribution < -0.4 is 15.1 Å². The number of rotatable bonds is 4. The van der Waals surface area contributed by atoms with Gasteiger partial charge in [0.1, 0.15) is 0 Å². The van der Waals surface area contributed by atoms with Crippen molar-refractivity contribution in [1.82, 2.24) is 0 Å². The van der Waals surface area contributed by atoms with Crippen LogP contribution in [-0.4, -0.2) is 30.3 Å². The van der Waals surface area contributed by atoms with Crippen molar-refractivity contribution >= 4 is 46.5 Å². The lowest BCUT2D eigenvalue weighted by atomic mass is 10.1. The molecule has 36 heavy (non-hydrogen) atoms. The van der Waals surface area contributed by atoms with Gasteiger partial charge in [0, 0.05) is 40.2 Å². The van der Waals surface area contributed by atoms with Gasteiger partial charge in [0.2, 0.25) is 11.8 Å². The topological polar surface area (TPSA) is 69.7 Å². The zero-order valence-electron chi connectivity index (χ0n) is 20.9. The molecule has 0 bridgehead atoms. The maximum Gasteiger partial charge on any atom is 0.259 e. The number of carbonyl (C=O) groups is 3. The molecule has 0 aromatic heterocycles. The normalized spacial score (nSPS) is 17.2. The number of nitrogens with zero attached hydrogens (tertiary/aromatic N) is 2. The molecule has 1 saturated heterocycles. The third-order valence-electron chi connectivity index (χ3n) is 6.86. The molecule has 6 nitrogen and oxygen atoms in total. The summed E-state index contributed by atoms with van der Waals surface area (Å²) in [5, 5.41) is 3.01. The highest BCUT2D eigenvalue weighted by atomic mass is 32.2. The summed E-state index contributed by atoms with van der Waals surface area (Å²) in [6.45, 7) is 8.40. The molecular weight excluding hydrogens is 470 g/mol. The summed E-state index contributed by atoms with van der Waals surface area (Å²) in [5.41, 5.74) is 5.27. The number of fused-ring (bicyclic) bond motifs is 2. The summed E-state index contributed by atoms with van der Waals surface area (Å²) in [4.78, 5) is 44.5. The van der Waals surface area contributed by atoms with Crippen molar-refractivity contribution in [1.29, 1.82) is 0 Å². The molecule has 1 atom stereocenters.